The number of allylic oxidation sites excluding steroid dienone is 2. The SMILES string of the molecule is COc1ccc2c(c1)CCN1C3=C(C(=O)CCC3)/C(=N/O)[C@H](C)C21. The molecule has 2 atom stereocenters. The van der Waals surface area contributed by atoms with Crippen molar-refractivity contribution >= 4 is 11.5 Å². The number of carbonyl (C=O) groups excluding carboxylic acids is 1. The van der Waals surface area contributed by atoms with Gasteiger partial charge in [-0.3, -0.25) is 4.79 Å². The molecule has 0 saturated heterocycles. The fraction of sp³-hybridized carbons (Fsp3) is 0.474. The van der Waals surface area contributed by atoms with Crippen molar-refractivity contribution in [3.63, 3.8) is 0 Å². The molecule has 1 unspecified atom stereocenters. The van der Waals surface area contributed by atoms with Gasteiger partial charge in [0, 0.05) is 24.6 Å². The Hall–Kier alpha value is -2.30. The quantitative estimate of drug-likeness (QED) is 0.636. The van der Waals surface area contributed by atoms with E-state index in [1.807, 2.05) is 6.07 Å². The minimum Gasteiger partial charge on any atom is -0.497 e. The first kappa shape index (κ1) is 15.2. The second-order valence-electron chi connectivity index (χ2n) is 6.83. The van der Waals surface area contributed by atoms with Gasteiger partial charge < -0.3 is 14.8 Å². The molecule has 1 aromatic rings. The highest BCUT2D eigenvalue weighted by molar-refractivity contribution is 6.24. The number of carbonyl (C=O) groups is 1. The first-order chi connectivity index (χ1) is 11.7. The van der Waals surface area contributed by atoms with Crippen LogP contribution in [0.2, 0.25) is 0 Å². The molecule has 24 heavy (non-hydrogen) atoms. The summed E-state index contributed by atoms with van der Waals surface area (Å²) in [7, 11) is 1.68. The van der Waals surface area contributed by atoms with E-state index in [1.54, 1.807) is 7.11 Å². The fourth-order valence-corrected chi connectivity index (χ4v) is 4.53. The van der Waals surface area contributed by atoms with Crippen molar-refractivity contribution in [1.82, 2.24) is 4.90 Å². The van der Waals surface area contributed by atoms with Crippen LogP contribution in [0.3, 0.4) is 0 Å². The van der Waals surface area contributed by atoms with Gasteiger partial charge in [0.1, 0.15) is 5.75 Å². The fourth-order valence-electron chi connectivity index (χ4n) is 4.53. The third-order valence-electron chi connectivity index (χ3n) is 5.63. The maximum Gasteiger partial charge on any atom is 0.166 e. The van der Waals surface area contributed by atoms with Crippen LogP contribution in [0.5, 0.6) is 5.75 Å². The number of rotatable bonds is 1. The standard InChI is InChI=1S/C19H22N2O3/c1-11-18(20-23)17-15(4-3-5-16(17)22)21-9-8-12-10-13(24-2)6-7-14(12)19(11)21/h6-7,10-11,19,23H,3-5,8-9H2,1-2H3/b20-18+/t11-,19?/m0/s1. The number of fused-ring (bicyclic) bond motifs is 4. The van der Waals surface area contributed by atoms with Gasteiger partial charge in [-0.05, 0) is 42.5 Å². The van der Waals surface area contributed by atoms with Gasteiger partial charge in [-0.1, -0.05) is 18.1 Å². The minimum absolute atomic E-state index is 0.0248. The first-order valence-corrected chi connectivity index (χ1v) is 8.57. The van der Waals surface area contributed by atoms with Gasteiger partial charge in [-0.15, -0.1) is 0 Å². The molecule has 2 aliphatic heterocycles. The number of oxime groups is 1. The molecule has 1 aliphatic carbocycles. The lowest BCUT2D eigenvalue weighted by molar-refractivity contribution is -0.116. The molecule has 0 fully saturated rings. The van der Waals surface area contributed by atoms with Crippen molar-refractivity contribution in [2.24, 2.45) is 11.1 Å². The van der Waals surface area contributed by atoms with E-state index in [4.69, 9.17) is 4.74 Å². The van der Waals surface area contributed by atoms with Crippen LogP contribution in [0.25, 0.3) is 0 Å². The average molecular weight is 326 g/mol. The van der Waals surface area contributed by atoms with Crippen molar-refractivity contribution in [3.05, 3.63) is 40.6 Å². The third kappa shape index (κ3) is 2.07. The van der Waals surface area contributed by atoms with Crippen LogP contribution in [0.15, 0.2) is 34.6 Å². The topological polar surface area (TPSA) is 62.1 Å². The highest BCUT2D eigenvalue weighted by atomic mass is 16.5. The number of nitrogens with zero attached hydrogens (tertiary/aromatic N) is 2. The molecule has 0 bridgehead atoms. The van der Waals surface area contributed by atoms with Crippen molar-refractivity contribution in [2.75, 3.05) is 13.7 Å². The summed E-state index contributed by atoms with van der Waals surface area (Å²) in [5.74, 6) is 0.965. The minimum atomic E-state index is -0.0248. The molecule has 0 amide bonds. The van der Waals surface area contributed by atoms with Gasteiger partial charge in [0.2, 0.25) is 0 Å². The number of methoxy groups -OCH3 is 1. The molecule has 5 heteroatoms. The third-order valence-corrected chi connectivity index (χ3v) is 5.63. The van der Waals surface area contributed by atoms with Gasteiger partial charge in [-0.2, -0.15) is 0 Å². The summed E-state index contributed by atoms with van der Waals surface area (Å²) in [6, 6.07) is 6.33. The number of hydrogen-bond donors (Lipinski definition) is 1. The lowest BCUT2D eigenvalue weighted by Crippen LogP contribution is -2.47. The van der Waals surface area contributed by atoms with E-state index in [-0.39, 0.29) is 17.7 Å². The van der Waals surface area contributed by atoms with E-state index in [1.165, 1.54) is 11.1 Å². The summed E-state index contributed by atoms with van der Waals surface area (Å²) in [6.45, 7) is 2.94. The van der Waals surface area contributed by atoms with Crippen LogP contribution >= 0.6 is 0 Å². The van der Waals surface area contributed by atoms with E-state index in [2.05, 4.69) is 29.1 Å². The Morgan fingerprint density at radius 1 is 1.29 bits per heavy atom. The Morgan fingerprint density at radius 3 is 2.88 bits per heavy atom. The smallest absolute Gasteiger partial charge is 0.166 e. The molecule has 1 aromatic carbocycles. The van der Waals surface area contributed by atoms with Crippen molar-refractivity contribution in [1.29, 1.82) is 0 Å². The van der Waals surface area contributed by atoms with Crippen LogP contribution in [0, 0.1) is 5.92 Å². The molecule has 1 N–H and O–H groups in total. The zero-order valence-electron chi connectivity index (χ0n) is 14.1. The zero-order valence-corrected chi connectivity index (χ0v) is 14.1. The Bertz CT molecular complexity index is 766. The molecule has 0 radical (unpaired) electrons. The van der Waals surface area contributed by atoms with Crippen LogP contribution in [0.1, 0.15) is 43.4 Å². The molecule has 3 aliphatic rings. The predicted octanol–water partition coefficient (Wildman–Crippen LogP) is 3.08. The van der Waals surface area contributed by atoms with E-state index in [9.17, 15) is 10.0 Å². The molecule has 0 spiro atoms. The van der Waals surface area contributed by atoms with Gasteiger partial charge in [0.15, 0.2) is 5.78 Å². The number of hydrogen-bond acceptors (Lipinski definition) is 5. The largest absolute Gasteiger partial charge is 0.497 e. The second-order valence-corrected chi connectivity index (χ2v) is 6.83. The molecular weight excluding hydrogens is 304 g/mol. The molecular formula is C19H22N2O3. The summed E-state index contributed by atoms with van der Waals surface area (Å²) in [6.07, 6.45) is 3.25. The zero-order chi connectivity index (χ0) is 16.8. The van der Waals surface area contributed by atoms with E-state index in [0.29, 0.717) is 17.7 Å². The van der Waals surface area contributed by atoms with Crippen LogP contribution < -0.4 is 4.74 Å². The summed E-state index contributed by atoms with van der Waals surface area (Å²) in [5.41, 5.74) is 4.83. The summed E-state index contributed by atoms with van der Waals surface area (Å²) in [5, 5.41) is 13.1. The number of ether oxygens (including phenoxy) is 1. The number of Topliss-reactive ketones (excluding diaryl/α,β-unsaturated/α-hetero) is 1. The van der Waals surface area contributed by atoms with E-state index >= 15 is 0 Å². The summed E-state index contributed by atoms with van der Waals surface area (Å²) >= 11 is 0. The van der Waals surface area contributed by atoms with E-state index in [0.717, 1.165) is 37.3 Å². The molecule has 0 saturated carbocycles. The Labute approximate surface area is 141 Å². The van der Waals surface area contributed by atoms with Gasteiger partial charge in [-0.25, -0.2) is 0 Å². The first-order valence-electron chi connectivity index (χ1n) is 8.57. The van der Waals surface area contributed by atoms with Crippen LogP contribution in [0.4, 0.5) is 0 Å². The predicted molar refractivity (Wildman–Crippen MR) is 90.4 cm³/mol. The molecule has 2 heterocycles. The van der Waals surface area contributed by atoms with Crippen LogP contribution in [-0.4, -0.2) is 35.3 Å². The second kappa shape index (κ2) is 5.65. The lowest BCUT2D eigenvalue weighted by atomic mass is 9.74. The van der Waals surface area contributed by atoms with Crippen molar-refractivity contribution < 1.29 is 14.7 Å². The number of benzene rings is 1. The van der Waals surface area contributed by atoms with Gasteiger partial charge >= 0.3 is 0 Å². The average Bonchev–Trinajstić information content (AvgIpc) is 2.61. The highest BCUT2D eigenvalue weighted by Crippen LogP contribution is 2.46. The molecule has 5 nitrogen and oxygen atoms in total. The highest BCUT2D eigenvalue weighted by Gasteiger charge is 2.44. The Kier molecular flexibility index (Phi) is 3.59. The molecule has 0 aromatic heterocycles. The maximum atomic E-state index is 12.5. The monoisotopic (exact) mass is 326 g/mol. The number of ketones is 1. The maximum absolute atomic E-state index is 12.5. The molecule has 126 valence electrons. The van der Waals surface area contributed by atoms with E-state index < -0.39 is 0 Å². The molecule has 4 rings (SSSR count). The van der Waals surface area contributed by atoms with Gasteiger partial charge in [0.25, 0.3) is 0 Å². The Morgan fingerprint density at radius 2 is 2.12 bits per heavy atom. The van der Waals surface area contributed by atoms with Crippen molar-refractivity contribution in [3.8, 4) is 5.75 Å². The van der Waals surface area contributed by atoms with Crippen LogP contribution in [-0.2, 0) is 11.2 Å². The summed E-state index contributed by atoms with van der Waals surface area (Å²) in [4.78, 5) is 14.8. The van der Waals surface area contributed by atoms with Gasteiger partial charge in [0.05, 0.1) is 24.4 Å². The Balaban J connectivity index is 1.86. The normalized spacial score (nSPS) is 27.7. The van der Waals surface area contributed by atoms with Crippen molar-refractivity contribution in [2.45, 2.75) is 38.6 Å². The summed E-state index contributed by atoms with van der Waals surface area (Å²) < 4.78 is 5.35. The lowest BCUT2D eigenvalue weighted by Gasteiger charge is -2.48.